The highest BCUT2D eigenvalue weighted by Crippen LogP contribution is 2.21. The van der Waals surface area contributed by atoms with Gasteiger partial charge in [0.1, 0.15) is 5.82 Å². The normalized spacial score (nSPS) is 18.6. The number of ether oxygens (including phenoxy) is 1. The zero-order valence-corrected chi connectivity index (χ0v) is 12.6. The van der Waals surface area contributed by atoms with E-state index in [0.29, 0.717) is 17.4 Å². The van der Waals surface area contributed by atoms with Gasteiger partial charge in [-0.25, -0.2) is 9.38 Å². The fraction of sp³-hybridized carbons (Fsp3) is 0.133. The molecule has 0 saturated heterocycles. The molecule has 1 atom stereocenters. The SMILES string of the molecule is COC1=CC=C2NC(Nc3nnc(-c4ccc(F)cc4)o3)=NC2N1. The highest BCUT2D eigenvalue weighted by molar-refractivity contribution is 5.95. The number of fused-ring (bicyclic) bond motifs is 1. The predicted octanol–water partition coefficient (Wildman–Crippen LogP) is 1.55. The molecule has 0 radical (unpaired) electrons. The molecule has 0 spiro atoms. The van der Waals surface area contributed by atoms with Crippen LogP contribution in [0.2, 0.25) is 0 Å². The molecule has 2 aliphatic heterocycles. The average Bonchev–Trinajstić information content (AvgIpc) is 3.21. The minimum absolute atomic E-state index is 0.180. The molecule has 1 aromatic carbocycles. The highest BCUT2D eigenvalue weighted by atomic mass is 19.1. The van der Waals surface area contributed by atoms with E-state index in [2.05, 4.69) is 31.1 Å². The van der Waals surface area contributed by atoms with Gasteiger partial charge in [-0.3, -0.25) is 5.32 Å². The summed E-state index contributed by atoms with van der Waals surface area (Å²) in [6.07, 6.45) is 3.42. The third-order valence-electron chi connectivity index (χ3n) is 3.47. The molecule has 0 amide bonds. The second-order valence-corrected chi connectivity index (χ2v) is 5.05. The number of hydrogen-bond donors (Lipinski definition) is 3. The van der Waals surface area contributed by atoms with Crippen LogP contribution in [-0.4, -0.2) is 29.4 Å². The summed E-state index contributed by atoms with van der Waals surface area (Å²) >= 11 is 0. The first kappa shape index (κ1) is 14.2. The van der Waals surface area contributed by atoms with E-state index in [9.17, 15) is 4.39 Å². The van der Waals surface area contributed by atoms with E-state index in [1.807, 2.05) is 6.08 Å². The van der Waals surface area contributed by atoms with Gasteiger partial charge in [-0.15, -0.1) is 5.10 Å². The van der Waals surface area contributed by atoms with E-state index in [0.717, 1.165) is 5.70 Å². The van der Waals surface area contributed by atoms with E-state index < -0.39 is 0 Å². The van der Waals surface area contributed by atoms with E-state index in [-0.39, 0.29) is 23.9 Å². The molecule has 3 heterocycles. The van der Waals surface area contributed by atoms with Gasteiger partial charge in [0.05, 0.1) is 12.8 Å². The number of halogens is 1. The van der Waals surface area contributed by atoms with Gasteiger partial charge in [0.25, 0.3) is 0 Å². The van der Waals surface area contributed by atoms with Crippen LogP contribution in [0.5, 0.6) is 0 Å². The van der Waals surface area contributed by atoms with Crippen LogP contribution in [0.3, 0.4) is 0 Å². The number of hydrogen-bond acceptors (Lipinski definition) is 8. The van der Waals surface area contributed by atoms with Crippen molar-refractivity contribution in [2.24, 2.45) is 4.99 Å². The lowest BCUT2D eigenvalue weighted by Gasteiger charge is -2.18. The van der Waals surface area contributed by atoms with Crippen molar-refractivity contribution in [3.8, 4) is 11.5 Å². The molecule has 3 N–H and O–H groups in total. The first-order valence-corrected chi connectivity index (χ1v) is 7.15. The Hall–Kier alpha value is -3.36. The van der Waals surface area contributed by atoms with Crippen LogP contribution in [-0.2, 0) is 4.74 Å². The Labute approximate surface area is 136 Å². The lowest BCUT2D eigenvalue weighted by atomic mass is 10.2. The molecule has 2 aromatic rings. The number of aliphatic imine (C=N–C) groups is 1. The van der Waals surface area contributed by atoms with E-state index in [1.54, 1.807) is 25.3 Å². The van der Waals surface area contributed by atoms with Crippen molar-refractivity contribution in [2.45, 2.75) is 6.17 Å². The molecule has 0 fully saturated rings. The summed E-state index contributed by atoms with van der Waals surface area (Å²) < 4.78 is 23.6. The number of benzene rings is 1. The minimum Gasteiger partial charge on any atom is -0.482 e. The van der Waals surface area contributed by atoms with Crippen LogP contribution < -0.4 is 16.0 Å². The van der Waals surface area contributed by atoms with Crippen molar-refractivity contribution in [2.75, 3.05) is 12.4 Å². The van der Waals surface area contributed by atoms with Crippen LogP contribution in [0.25, 0.3) is 11.5 Å². The van der Waals surface area contributed by atoms with Crippen molar-refractivity contribution in [1.82, 2.24) is 20.8 Å². The molecule has 24 heavy (non-hydrogen) atoms. The third-order valence-corrected chi connectivity index (χ3v) is 3.47. The summed E-state index contributed by atoms with van der Waals surface area (Å²) in [5, 5.41) is 16.9. The molecule has 9 heteroatoms. The molecule has 1 unspecified atom stereocenters. The number of guanidine groups is 1. The van der Waals surface area contributed by atoms with Gasteiger partial charge in [0.15, 0.2) is 12.0 Å². The number of nitrogens with one attached hydrogen (secondary N) is 3. The van der Waals surface area contributed by atoms with Gasteiger partial charge < -0.3 is 19.8 Å². The molecular formula is C15H13FN6O2. The second kappa shape index (κ2) is 5.69. The largest absolute Gasteiger partial charge is 0.482 e. The molecule has 0 aliphatic carbocycles. The van der Waals surface area contributed by atoms with Gasteiger partial charge >= 0.3 is 6.01 Å². The standard InChI is InChI=1S/C15H13FN6O2/c1-23-11-7-6-10-12(18-11)19-14(17-10)20-15-22-21-13(24-15)8-2-4-9(16)5-3-8/h2-7,12,18H,1H3,(H2,17,19,20,22). The lowest BCUT2D eigenvalue weighted by molar-refractivity contribution is 0.252. The van der Waals surface area contributed by atoms with E-state index >= 15 is 0 Å². The van der Waals surface area contributed by atoms with Crippen molar-refractivity contribution in [3.05, 3.63) is 53.8 Å². The smallest absolute Gasteiger partial charge is 0.322 e. The summed E-state index contributed by atoms with van der Waals surface area (Å²) in [7, 11) is 1.58. The first-order valence-electron chi connectivity index (χ1n) is 7.15. The van der Waals surface area contributed by atoms with Crippen molar-refractivity contribution >= 4 is 12.0 Å². The molecule has 2 aliphatic rings. The summed E-state index contributed by atoms with van der Waals surface area (Å²) in [5.41, 5.74) is 1.50. The molecule has 0 saturated carbocycles. The fourth-order valence-corrected chi connectivity index (χ4v) is 2.30. The Morgan fingerprint density at radius 3 is 2.83 bits per heavy atom. The topological polar surface area (TPSA) is 96.6 Å². The van der Waals surface area contributed by atoms with E-state index in [4.69, 9.17) is 9.15 Å². The maximum atomic E-state index is 12.9. The monoisotopic (exact) mass is 328 g/mol. The van der Waals surface area contributed by atoms with Crippen LogP contribution >= 0.6 is 0 Å². The molecule has 0 bridgehead atoms. The summed E-state index contributed by atoms with van der Waals surface area (Å²) in [5.74, 6) is 1.06. The number of aromatic nitrogens is 2. The Morgan fingerprint density at radius 2 is 2.04 bits per heavy atom. The number of nitrogens with zero attached hydrogens (tertiary/aromatic N) is 3. The second-order valence-electron chi connectivity index (χ2n) is 5.05. The zero-order valence-electron chi connectivity index (χ0n) is 12.6. The molecule has 1 aromatic heterocycles. The van der Waals surface area contributed by atoms with Crippen molar-refractivity contribution in [1.29, 1.82) is 0 Å². The fourth-order valence-electron chi connectivity index (χ4n) is 2.30. The van der Waals surface area contributed by atoms with Gasteiger partial charge in [-0.2, -0.15) is 0 Å². The maximum Gasteiger partial charge on any atom is 0.322 e. The molecular weight excluding hydrogens is 315 g/mol. The van der Waals surface area contributed by atoms with Crippen LogP contribution in [0, 0.1) is 5.82 Å². The Morgan fingerprint density at radius 1 is 1.21 bits per heavy atom. The summed E-state index contributed by atoms with van der Waals surface area (Å²) in [4.78, 5) is 4.41. The quantitative estimate of drug-likeness (QED) is 0.786. The minimum atomic E-state index is -0.325. The van der Waals surface area contributed by atoms with Crippen molar-refractivity contribution < 1.29 is 13.5 Å². The van der Waals surface area contributed by atoms with Crippen LogP contribution in [0.1, 0.15) is 0 Å². The molecule has 4 rings (SSSR count). The Kier molecular flexibility index (Phi) is 3.38. The predicted molar refractivity (Wildman–Crippen MR) is 84.0 cm³/mol. The number of anilines is 1. The summed E-state index contributed by atoms with van der Waals surface area (Å²) in [6, 6.07) is 5.98. The van der Waals surface area contributed by atoms with Crippen LogP contribution in [0.15, 0.2) is 57.4 Å². The van der Waals surface area contributed by atoms with Crippen molar-refractivity contribution in [3.63, 3.8) is 0 Å². The van der Waals surface area contributed by atoms with E-state index in [1.165, 1.54) is 12.1 Å². The zero-order chi connectivity index (χ0) is 16.5. The lowest BCUT2D eigenvalue weighted by Crippen LogP contribution is -2.33. The number of dihydropyridines is 1. The Bertz CT molecular complexity index is 855. The number of rotatable bonds is 3. The summed E-state index contributed by atoms with van der Waals surface area (Å²) in [6.45, 7) is 0. The molecule has 122 valence electrons. The Balaban J connectivity index is 1.47. The highest BCUT2D eigenvalue weighted by Gasteiger charge is 2.26. The maximum absolute atomic E-state index is 12.9. The van der Waals surface area contributed by atoms with Gasteiger partial charge in [0.2, 0.25) is 11.9 Å². The number of allylic oxidation sites excluding steroid dienone is 2. The third kappa shape index (κ3) is 2.67. The van der Waals surface area contributed by atoms with Gasteiger partial charge in [-0.1, -0.05) is 5.10 Å². The van der Waals surface area contributed by atoms with Crippen LogP contribution in [0.4, 0.5) is 10.4 Å². The van der Waals surface area contributed by atoms with Gasteiger partial charge in [0, 0.05) is 5.56 Å². The number of methoxy groups -OCH3 is 1. The van der Waals surface area contributed by atoms with Gasteiger partial charge in [-0.05, 0) is 36.4 Å². The first-order chi connectivity index (χ1) is 11.7. The average molecular weight is 328 g/mol. The molecule has 8 nitrogen and oxygen atoms in total.